The molecule has 0 saturated carbocycles. The number of amides is 1. The van der Waals surface area contributed by atoms with Gasteiger partial charge in [-0.3, -0.25) is 4.79 Å². The van der Waals surface area contributed by atoms with Crippen LogP contribution >= 0.6 is 0 Å². The van der Waals surface area contributed by atoms with Crippen LogP contribution in [0.1, 0.15) is 251 Å². The zero-order chi connectivity index (χ0) is 55.0. The molecule has 0 aliphatic carbocycles. The van der Waals surface area contributed by atoms with Crippen molar-refractivity contribution < 1.29 is 39.8 Å². The van der Waals surface area contributed by atoms with Gasteiger partial charge in [0.2, 0.25) is 5.91 Å². The molecule has 0 radical (unpaired) electrons. The minimum absolute atomic E-state index is 0.199. The van der Waals surface area contributed by atoms with E-state index in [-0.39, 0.29) is 12.5 Å². The second-order valence-corrected chi connectivity index (χ2v) is 21.1. The molecule has 1 aliphatic rings. The van der Waals surface area contributed by atoms with Crippen molar-refractivity contribution in [2.24, 2.45) is 0 Å². The quantitative estimate of drug-likeness (QED) is 0.0261. The van der Waals surface area contributed by atoms with Crippen LogP contribution in [-0.2, 0) is 14.3 Å². The molecule has 7 unspecified atom stereocenters. The molecular formula is C67H115NO8. The van der Waals surface area contributed by atoms with E-state index in [1.54, 1.807) is 6.08 Å². The van der Waals surface area contributed by atoms with Crippen LogP contribution in [0.25, 0.3) is 0 Å². The SMILES string of the molecule is CC/C=C\C/C=C\C/C=C\C/C=C\C/C=C\C/C=C\CCCCCCCCCCCCC(=O)NC(COC1OC(CO)C(O)C(O)C1O)C(O)/C=C/CC/C=C/CC/C=C/CCCCCCCCCCCCCCCC. The smallest absolute Gasteiger partial charge is 0.220 e. The number of aliphatic hydroxyl groups excluding tert-OH is 5. The summed E-state index contributed by atoms with van der Waals surface area (Å²) in [7, 11) is 0. The van der Waals surface area contributed by atoms with Crippen LogP contribution in [-0.4, -0.2) is 87.5 Å². The molecule has 76 heavy (non-hydrogen) atoms. The van der Waals surface area contributed by atoms with Crippen LogP contribution in [0.2, 0.25) is 0 Å². The lowest BCUT2D eigenvalue weighted by atomic mass is 9.99. The number of hydrogen-bond acceptors (Lipinski definition) is 8. The van der Waals surface area contributed by atoms with E-state index in [9.17, 15) is 30.3 Å². The summed E-state index contributed by atoms with van der Waals surface area (Å²) >= 11 is 0. The Bertz CT molecular complexity index is 1560. The first-order valence-corrected chi connectivity index (χ1v) is 31.1. The van der Waals surface area contributed by atoms with Gasteiger partial charge in [0.15, 0.2) is 6.29 Å². The molecule has 0 spiro atoms. The van der Waals surface area contributed by atoms with E-state index in [0.717, 1.165) is 96.3 Å². The summed E-state index contributed by atoms with van der Waals surface area (Å²) in [6, 6.07) is -0.839. The third-order valence-electron chi connectivity index (χ3n) is 14.1. The standard InChI is InChI=1S/C67H115NO8/c1-3-5-7-9-11-13-15-17-19-21-23-25-27-29-30-31-32-33-35-37-39-41-43-45-47-49-51-53-55-57-63(71)68-60(59-75-67-66(74)65(73)64(72)62(58-69)76-67)61(70)56-54-52-50-48-46-44-42-40-38-36-34-28-26-24-22-20-18-16-14-12-10-8-6-4-2/h5,7,11,13,17,19,23,25,29-30,32-33,38,40,46,48,54,56,60-62,64-67,69-70,72-74H,3-4,6,8-10,12,14-16,18,20-22,24,26-28,31,34-37,39,41-45,47,49-53,55,57-59H2,1-2H3,(H,68,71)/b7-5-,13-11-,19-17-,25-23-,30-29-,33-32-,40-38+,48-46+,56-54+. The Morgan fingerprint density at radius 3 is 1.26 bits per heavy atom. The van der Waals surface area contributed by atoms with Crippen molar-refractivity contribution in [2.45, 2.75) is 294 Å². The first-order chi connectivity index (χ1) is 37.3. The Labute approximate surface area is 466 Å². The van der Waals surface area contributed by atoms with Gasteiger partial charge in [-0.2, -0.15) is 0 Å². The van der Waals surface area contributed by atoms with Gasteiger partial charge in [-0.1, -0.05) is 258 Å². The number of rotatable bonds is 52. The van der Waals surface area contributed by atoms with E-state index < -0.39 is 49.5 Å². The lowest BCUT2D eigenvalue weighted by molar-refractivity contribution is -0.302. The fourth-order valence-electron chi connectivity index (χ4n) is 9.19. The fourth-order valence-corrected chi connectivity index (χ4v) is 9.19. The molecule has 1 fully saturated rings. The number of carbonyl (C=O) groups excluding carboxylic acids is 1. The summed E-state index contributed by atoms with van der Waals surface area (Å²) in [6.45, 7) is 3.65. The normalized spacial score (nSPS) is 19.6. The molecule has 1 saturated heterocycles. The lowest BCUT2D eigenvalue weighted by Crippen LogP contribution is -2.60. The van der Waals surface area contributed by atoms with Gasteiger partial charge in [0.05, 0.1) is 25.4 Å². The topological polar surface area (TPSA) is 149 Å². The van der Waals surface area contributed by atoms with E-state index in [2.05, 4.69) is 116 Å². The van der Waals surface area contributed by atoms with Gasteiger partial charge in [0.25, 0.3) is 0 Å². The zero-order valence-electron chi connectivity index (χ0n) is 48.5. The highest BCUT2D eigenvalue weighted by Crippen LogP contribution is 2.23. The second kappa shape index (κ2) is 55.2. The second-order valence-electron chi connectivity index (χ2n) is 21.1. The fraction of sp³-hybridized carbons (Fsp3) is 0.716. The van der Waals surface area contributed by atoms with Crippen molar-refractivity contribution in [1.29, 1.82) is 0 Å². The van der Waals surface area contributed by atoms with E-state index in [1.807, 2.05) is 6.08 Å². The maximum Gasteiger partial charge on any atom is 0.220 e. The monoisotopic (exact) mass is 1060 g/mol. The molecule has 9 nitrogen and oxygen atoms in total. The summed E-state index contributed by atoms with van der Waals surface area (Å²) in [4.78, 5) is 13.1. The van der Waals surface area contributed by atoms with Crippen molar-refractivity contribution in [1.82, 2.24) is 5.32 Å². The van der Waals surface area contributed by atoms with Crippen LogP contribution in [0.4, 0.5) is 0 Å². The molecule has 0 bridgehead atoms. The van der Waals surface area contributed by atoms with Crippen molar-refractivity contribution in [2.75, 3.05) is 13.2 Å². The Hall–Kier alpha value is -3.15. The van der Waals surface area contributed by atoms with Crippen LogP contribution in [0.3, 0.4) is 0 Å². The number of allylic oxidation sites excluding steroid dienone is 17. The maximum atomic E-state index is 13.1. The third-order valence-corrected chi connectivity index (χ3v) is 14.1. The van der Waals surface area contributed by atoms with Gasteiger partial charge in [-0.05, 0) is 96.3 Å². The zero-order valence-corrected chi connectivity index (χ0v) is 48.5. The molecule has 0 aromatic rings. The van der Waals surface area contributed by atoms with E-state index >= 15 is 0 Å². The number of nitrogens with one attached hydrogen (secondary N) is 1. The first kappa shape index (κ1) is 70.9. The Morgan fingerprint density at radius 2 is 0.829 bits per heavy atom. The third kappa shape index (κ3) is 43.8. The lowest BCUT2D eigenvalue weighted by Gasteiger charge is -2.40. The Morgan fingerprint density at radius 1 is 0.461 bits per heavy atom. The predicted molar refractivity (Wildman–Crippen MR) is 322 cm³/mol. The maximum absolute atomic E-state index is 13.1. The molecule has 1 aliphatic heterocycles. The molecule has 1 heterocycles. The summed E-state index contributed by atoms with van der Waals surface area (Å²) in [5.74, 6) is -0.199. The summed E-state index contributed by atoms with van der Waals surface area (Å²) < 4.78 is 11.3. The molecule has 436 valence electrons. The molecule has 1 amide bonds. The van der Waals surface area contributed by atoms with Gasteiger partial charge < -0.3 is 40.3 Å². The van der Waals surface area contributed by atoms with Crippen LogP contribution in [0.15, 0.2) is 109 Å². The number of carbonyl (C=O) groups is 1. The van der Waals surface area contributed by atoms with Crippen LogP contribution in [0.5, 0.6) is 0 Å². The van der Waals surface area contributed by atoms with E-state index in [4.69, 9.17) is 9.47 Å². The predicted octanol–water partition coefficient (Wildman–Crippen LogP) is 16.1. The highest BCUT2D eigenvalue weighted by atomic mass is 16.7. The molecule has 1 rings (SSSR count). The van der Waals surface area contributed by atoms with E-state index in [1.165, 1.54) is 135 Å². The molecule has 6 N–H and O–H groups in total. The number of hydrogen-bond donors (Lipinski definition) is 6. The Kier molecular flexibility index (Phi) is 51.4. The van der Waals surface area contributed by atoms with Crippen LogP contribution in [0, 0.1) is 0 Å². The molecule has 0 aromatic heterocycles. The van der Waals surface area contributed by atoms with Gasteiger partial charge in [-0.25, -0.2) is 0 Å². The number of aliphatic hydroxyl groups is 5. The number of unbranched alkanes of at least 4 members (excludes halogenated alkanes) is 26. The van der Waals surface area contributed by atoms with E-state index in [0.29, 0.717) is 6.42 Å². The van der Waals surface area contributed by atoms with Crippen molar-refractivity contribution >= 4 is 5.91 Å². The highest BCUT2D eigenvalue weighted by molar-refractivity contribution is 5.76. The summed E-state index contributed by atoms with van der Waals surface area (Å²) in [6.07, 6.45) is 74.4. The van der Waals surface area contributed by atoms with Gasteiger partial charge in [0, 0.05) is 6.42 Å². The molecular weight excluding hydrogens is 947 g/mol. The van der Waals surface area contributed by atoms with Gasteiger partial charge >= 0.3 is 0 Å². The average Bonchev–Trinajstić information content (AvgIpc) is 3.42. The van der Waals surface area contributed by atoms with Crippen molar-refractivity contribution in [3.05, 3.63) is 109 Å². The minimum atomic E-state index is -1.58. The minimum Gasteiger partial charge on any atom is -0.394 e. The Balaban J connectivity index is 2.24. The summed E-state index contributed by atoms with van der Waals surface area (Å²) in [5, 5.41) is 54.6. The number of ether oxygens (including phenoxy) is 2. The summed E-state index contributed by atoms with van der Waals surface area (Å²) in [5.41, 5.74) is 0. The highest BCUT2D eigenvalue weighted by Gasteiger charge is 2.44. The van der Waals surface area contributed by atoms with Crippen LogP contribution < -0.4 is 5.32 Å². The average molecular weight is 1060 g/mol. The van der Waals surface area contributed by atoms with Crippen molar-refractivity contribution in [3.63, 3.8) is 0 Å². The van der Waals surface area contributed by atoms with Crippen molar-refractivity contribution in [3.8, 4) is 0 Å². The largest absolute Gasteiger partial charge is 0.394 e. The molecule has 9 heteroatoms. The molecule has 0 aromatic carbocycles. The van der Waals surface area contributed by atoms with Gasteiger partial charge in [-0.15, -0.1) is 0 Å². The first-order valence-electron chi connectivity index (χ1n) is 31.1. The van der Waals surface area contributed by atoms with Gasteiger partial charge in [0.1, 0.15) is 24.4 Å². The molecule has 7 atom stereocenters.